The number of non-ortho nitro benzene ring substituents is 1. The number of rotatable bonds is 7. The van der Waals surface area contributed by atoms with Gasteiger partial charge in [-0.05, 0) is 54.1 Å². The van der Waals surface area contributed by atoms with Gasteiger partial charge in [-0.25, -0.2) is 8.42 Å². The fourth-order valence-corrected chi connectivity index (χ4v) is 4.61. The molecule has 0 fully saturated rings. The van der Waals surface area contributed by atoms with Crippen LogP contribution in [-0.4, -0.2) is 13.3 Å². The summed E-state index contributed by atoms with van der Waals surface area (Å²) in [6.45, 7) is 0. The normalized spacial score (nSPS) is 12.3. The van der Waals surface area contributed by atoms with Crippen molar-refractivity contribution in [1.29, 1.82) is 0 Å². The Kier molecular flexibility index (Phi) is 7.18. The van der Waals surface area contributed by atoms with E-state index in [1.165, 1.54) is 54.6 Å². The second kappa shape index (κ2) is 9.50. The molecule has 0 amide bonds. The third-order valence-corrected chi connectivity index (χ3v) is 7.12. The van der Waals surface area contributed by atoms with Gasteiger partial charge >= 0.3 is 0 Å². The molecule has 1 atom stereocenters. The average molecular weight is 521 g/mol. The Labute approximate surface area is 198 Å². The first-order chi connectivity index (χ1) is 14.6. The minimum absolute atomic E-state index is 0.172. The van der Waals surface area contributed by atoms with Gasteiger partial charge in [-0.3, -0.25) is 14.8 Å². The highest BCUT2D eigenvalue weighted by atomic mass is 35.5. The van der Waals surface area contributed by atoms with E-state index < -0.39 is 20.3 Å². The third-order valence-electron chi connectivity index (χ3n) is 4.11. The first-order valence-corrected chi connectivity index (χ1v) is 11.6. The fraction of sp³-hybridized carbons (Fsp3) is 0.0526. The molecule has 0 aliphatic rings. The van der Waals surface area contributed by atoms with Crippen molar-refractivity contribution in [3.63, 3.8) is 0 Å². The van der Waals surface area contributed by atoms with E-state index in [4.69, 9.17) is 46.4 Å². The van der Waals surface area contributed by atoms with E-state index >= 15 is 0 Å². The third kappa shape index (κ3) is 5.72. The van der Waals surface area contributed by atoms with Gasteiger partial charge in [0.05, 0.1) is 30.7 Å². The lowest BCUT2D eigenvalue weighted by molar-refractivity contribution is -0.384. The molecule has 0 saturated carbocycles. The summed E-state index contributed by atoms with van der Waals surface area (Å²) >= 11 is 23.8. The van der Waals surface area contributed by atoms with Gasteiger partial charge in [0.2, 0.25) is 0 Å². The number of nitrogens with zero attached hydrogens (tertiary/aromatic N) is 1. The van der Waals surface area contributed by atoms with E-state index in [1.807, 2.05) is 0 Å². The molecule has 0 bridgehead atoms. The van der Waals surface area contributed by atoms with Crippen LogP contribution in [-0.2, 0) is 10.0 Å². The highest BCUT2D eigenvalue weighted by Gasteiger charge is 2.28. The Balaban J connectivity index is 2.01. The van der Waals surface area contributed by atoms with Gasteiger partial charge in [0.25, 0.3) is 15.7 Å². The van der Waals surface area contributed by atoms with E-state index in [-0.39, 0.29) is 32.0 Å². The number of nitro groups is 1. The second-order valence-electron chi connectivity index (χ2n) is 6.28. The molecular formula is C19H13Cl4N3O4S. The standard InChI is InChI=1S/C19H13Cl4N3O4S/c20-15-7-3-12(9-17(15)22)24-19(11-1-5-14(6-2-11)26(27)28)31(29,30)25-13-4-8-16(21)18(23)10-13/h1-10,19,24-25H. The maximum atomic E-state index is 13.2. The van der Waals surface area contributed by atoms with Crippen LogP contribution in [0.3, 0.4) is 0 Å². The summed E-state index contributed by atoms with van der Waals surface area (Å²) in [7, 11) is -4.12. The molecule has 3 aromatic rings. The molecule has 3 rings (SSSR count). The van der Waals surface area contributed by atoms with Gasteiger partial charge < -0.3 is 5.32 Å². The van der Waals surface area contributed by atoms with Crippen molar-refractivity contribution in [3.8, 4) is 0 Å². The maximum Gasteiger partial charge on any atom is 0.269 e. The Hall–Kier alpha value is -2.23. The van der Waals surface area contributed by atoms with Crippen LogP contribution in [0.15, 0.2) is 60.7 Å². The fourth-order valence-electron chi connectivity index (χ4n) is 2.63. The SMILES string of the molecule is O=[N+]([O-])c1ccc(C(Nc2ccc(Cl)c(Cl)c2)S(=O)(=O)Nc2ccc(Cl)c(Cl)c2)cc1. The zero-order valence-electron chi connectivity index (χ0n) is 15.4. The molecular weight excluding hydrogens is 508 g/mol. The molecule has 31 heavy (non-hydrogen) atoms. The Morgan fingerprint density at radius 1 is 0.774 bits per heavy atom. The summed E-state index contributed by atoms with van der Waals surface area (Å²) in [4.78, 5) is 10.4. The van der Waals surface area contributed by atoms with Crippen LogP contribution in [0.25, 0.3) is 0 Å². The van der Waals surface area contributed by atoms with Crippen molar-refractivity contribution < 1.29 is 13.3 Å². The molecule has 12 heteroatoms. The molecule has 0 heterocycles. The molecule has 0 radical (unpaired) electrons. The molecule has 2 N–H and O–H groups in total. The summed E-state index contributed by atoms with van der Waals surface area (Å²) in [5.41, 5.74) is 0.644. The van der Waals surface area contributed by atoms with Crippen molar-refractivity contribution in [2.75, 3.05) is 10.0 Å². The van der Waals surface area contributed by atoms with Gasteiger partial charge in [-0.15, -0.1) is 0 Å². The van der Waals surface area contributed by atoms with Crippen molar-refractivity contribution in [1.82, 2.24) is 0 Å². The summed E-state index contributed by atoms with van der Waals surface area (Å²) in [6.07, 6.45) is 0. The van der Waals surface area contributed by atoms with Crippen LogP contribution in [0.4, 0.5) is 17.1 Å². The smallest absolute Gasteiger partial charge is 0.269 e. The first-order valence-electron chi connectivity index (χ1n) is 8.49. The monoisotopic (exact) mass is 519 g/mol. The zero-order valence-corrected chi connectivity index (χ0v) is 19.2. The minimum Gasteiger partial charge on any atom is -0.364 e. The van der Waals surface area contributed by atoms with Crippen LogP contribution in [0.5, 0.6) is 0 Å². The quantitative estimate of drug-likeness (QED) is 0.264. The molecule has 0 aliphatic heterocycles. The van der Waals surface area contributed by atoms with Crippen molar-refractivity contribution in [2.45, 2.75) is 5.37 Å². The number of nitro benzene ring substituents is 1. The number of hydrogen-bond donors (Lipinski definition) is 2. The topological polar surface area (TPSA) is 101 Å². The number of benzene rings is 3. The largest absolute Gasteiger partial charge is 0.364 e. The molecule has 7 nitrogen and oxygen atoms in total. The lowest BCUT2D eigenvalue weighted by Crippen LogP contribution is -2.27. The summed E-state index contributed by atoms with van der Waals surface area (Å²) in [6, 6.07) is 13.9. The van der Waals surface area contributed by atoms with Crippen LogP contribution in [0.1, 0.15) is 10.9 Å². The van der Waals surface area contributed by atoms with Crippen molar-refractivity contribution in [2.24, 2.45) is 0 Å². The lowest BCUT2D eigenvalue weighted by atomic mass is 10.2. The number of nitrogens with one attached hydrogen (secondary N) is 2. The molecule has 0 aliphatic carbocycles. The minimum atomic E-state index is -4.12. The molecule has 162 valence electrons. The number of halogens is 4. The van der Waals surface area contributed by atoms with E-state index in [2.05, 4.69) is 10.0 Å². The van der Waals surface area contributed by atoms with Crippen molar-refractivity contribution in [3.05, 3.63) is 96.4 Å². The van der Waals surface area contributed by atoms with E-state index in [0.717, 1.165) is 0 Å². The van der Waals surface area contributed by atoms with Crippen LogP contribution < -0.4 is 10.0 Å². The predicted octanol–water partition coefficient (Wildman–Crippen LogP) is 6.76. The summed E-state index contributed by atoms with van der Waals surface area (Å²) in [5.74, 6) is 0. The number of hydrogen-bond acceptors (Lipinski definition) is 5. The molecule has 0 spiro atoms. The van der Waals surface area contributed by atoms with E-state index in [0.29, 0.717) is 10.7 Å². The Morgan fingerprint density at radius 3 is 1.81 bits per heavy atom. The van der Waals surface area contributed by atoms with E-state index in [9.17, 15) is 18.5 Å². The molecule has 0 saturated heterocycles. The van der Waals surface area contributed by atoms with Gasteiger partial charge in [0.1, 0.15) is 0 Å². The summed E-state index contributed by atoms with van der Waals surface area (Å²) in [5, 5.41) is 13.5. The van der Waals surface area contributed by atoms with Crippen molar-refractivity contribution >= 4 is 73.5 Å². The van der Waals surface area contributed by atoms with Crippen LogP contribution in [0, 0.1) is 10.1 Å². The molecule has 3 aromatic carbocycles. The van der Waals surface area contributed by atoms with Crippen LogP contribution >= 0.6 is 46.4 Å². The van der Waals surface area contributed by atoms with Gasteiger partial charge in [-0.2, -0.15) is 0 Å². The lowest BCUT2D eigenvalue weighted by Gasteiger charge is -2.22. The zero-order chi connectivity index (χ0) is 22.8. The van der Waals surface area contributed by atoms with Gasteiger partial charge in [0, 0.05) is 17.8 Å². The molecule has 1 unspecified atom stereocenters. The highest BCUT2D eigenvalue weighted by Crippen LogP contribution is 2.32. The van der Waals surface area contributed by atoms with Crippen LogP contribution in [0.2, 0.25) is 20.1 Å². The Morgan fingerprint density at radius 2 is 1.29 bits per heavy atom. The van der Waals surface area contributed by atoms with Gasteiger partial charge in [0.15, 0.2) is 5.37 Å². The number of sulfonamides is 1. The average Bonchev–Trinajstić information content (AvgIpc) is 2.71. The maximum absolute atomic E-state index is 13.2. The second-order valence-corrected chi connectivity index (χ2v) is 9.67. The Bertz CT molecular complexity index is 1240. The van der Waals surface area contributed by atoms with Gasteiger partial charge in [-0.1, -0.05) is 46.4 Å². The van der Waals surface area contributed by atoms with E-state index in [1.54, 1.807) is 6.07 Å². The number of anilines is 2. The first kappa shape index (κ1) is 23.4. The highest BCUT2D eigenvalue weighted by molar-refractivity contribution is 7.93. The summed E-state index contributed by atoms with van der Waals surface area (Å²) < 4.78 is 28.9. The molecule has 0 aromatic heterocycles. The predicted molar refractivity (Wildman–Crippen MR) is 125 cm³/mol.